The molecule has 5 heteroatoms. The zero-order valence-electron chi connectivity index (χ0n) is 17.1. The average Bonchev–Trinajstić information content (AvgIpc) is 2.76. The molecule has 0 radical (unpaired) electrons. The van der Waals surface area contributed by atoms with Crippen LogP contribution < -0.4 is 4.74 Å². The summed E-state index contributed by atoms with van der Waals surface area (Å²) in [5.41, 5.74) is 2.09. The van der Waals surface area contributed by atoms with Gasteiger partial charge < -0.3 is 19.3 Å². The monoisotopic (exact) mass is 408 g/mol. The standard InChI is InChI=1S/C25H28O5/c1-28-22-13-11-20(12-14-22)18-29-23(15-10-19-6-3-2-4-7-19)16-21(26)17-24-8-5-9-25(27)30-24/h2-7,9-15,21,23-24,26H,8,16-18H2,1H3/b15-10+. The first-order valence-corrected chi connectivity index (χ1v) is 10.2. The third kappa shape index (κ3) is 7.17. The largest absolute Gasteiger partial charge is 0.497 e. The maximum absolute atomic E-state index is 11.4. The molecule has 0 amide bonds. The van der Waals surface area contributed by atoms with Crippen LogP contribution in [-0.2, 0) is 20.9 Å². The number of aliphatic hydroxyl groups is 1. The predicted molar refractivity (Wildman–Crippen MR) is 116 cm³/mol. The molecule has 0 saturated heterocycles. The van der Waals surface area contributed by atoms with Gasteiger partial charge in [-0.3, -0.25) is 0 Å². The van der Waals surface area contributed by atoms with Crippen molar-refractivity contribution in [3.05, 3.63) is 84.0 Å². The Bertz CT molecular complexity index is 842. The Labute approximate surface area is 177 Å². The first-order chi connectivity index (χ1) is 14.6. The Kier molecular flexibility index (Phi) is 8.24. The van der Waals surface area contributed by atoms with E-state index in [0.717, 1.165) is 16.9 Å². The summed E-state index contributed by atoms with van der Waals surface area (Å²) >= 11 is 0. The van der Waals surface area contributed by atoms with Crippen molar-refractivity contribution in [2.45, 2.75) is 44.2 Å². The molecule has 158 valence electrons. The van der Waals surface area contributed by atoms with E-state index in [2.05, 4.69) is 0 Å². The summed E-state index contributed by atoms with van der Waals surface area (Å²) in [6.07, 6.45) is 7.38. The summed E-state index contributed by atoms with van der Waals surface area (Å²) < 4.78 is 16.5. The molecule has 0 spiro atoms. The summed E-state index contributed by atoms with van der Waals surface area (Å²) in [5, 5.41) is 10.6. The van der Waals surface area contributed by atoms with E-state index >= 15 is 0 Å². The Balaban J connectivity index is 1.61. The lowest BCUT2D eigenvalue weighted by atomic mass is 10.0. The molecule has 0 aliphatic carbocycles. The zero-order valence-corrected chi connectivity index (χ0v) is 17.1. The second-order valence-electron chi connectivity index (χ2n) is 7.29. The lowest BCUT2D eigenvalue weighted by molar-refractivity contribution is -0.145. The number of aliphatic hydroxyl groups excluding tert-OH is 1. The van der Waals surface area contributed by atoms with Gasteiger partial charge in [0.1, 0.15) is 11.9 Å². The summed E-state index contributed by atoms with van der Waals surface area (Å²) in [6, 6.07) is 17.7. The van der Waals surface area contributed by atoms with Crippen molar-refractivity contribution in [1.82, 2.24) is 0 Å². The van der Waals surface area contributed by atoms with Crippen molar-refractivity contribution in [3.8, 4) is 5.75 Å². The van der Waals surface area contributed by atoms with Gasteiger partial charge in [-0.1, -0.05) is 60.7 Å². The lowest BCUT2D eigenvalue weighted by Crippen LogP contribution is -2.28. The second kappa shape index (κ2) is 11.3. The van der Waals surface area contributed by atoms with E-state index in [1.54, 1.807) is 13.2 Å². The van der Waals surface area contributed by atoms with Crippen LogP contribution in [0.2, 0.25) is 0 Å². The number of cyclic esters (lactones) is 1. The minimum atomic E-state index is -0.643. The molecule has 3 atom stereocenters. The summed E-state index contributed by atoms with van der Waals surface area (Å²) in [5.74, 6) is 0.445. The third-order valence-electron chi connectivity index (χ3n) is 4.90. The molecule has 0 saturated carbocycles. The fourth-order valence-corrected chi connectivity index (χ4v) is 3.29. The van der Waals surface area contributed by atoms with Crippen LogP contribution in [0, 0.1) is 0 Å². The van der Waals surface area contributed by atoms with Crippen molar-refractivity contribution in [2.24, 2.45) is 0 Å². The fraction of sp³-hybridized carbons (Fsp3) is 0.320. The smallest absolute Gasteiger partial charge is 0.330 e. The normalized spacial score (nSPS) is 18.2. The number of esters is 1. The van der Waals surface area contributed by atoms with E-state index in [9.17, 15) is 9.90 Å². The van der Waals surface area contributed by atoms with Crippen LogP contribution in [0.15, 0.2) is 72.8 Å². The van der Waals surface area contributed by atoms with E-state index in [-0.39, 0.29) is 18.2 Å². The van der Waals surface area contributed by atoms with Crippen molar-refractivity contribution in [3.63, 3.8) is 0 Å². The van der Waals surface area contributed by atoms with Crippen LogP contribution in [0.25, 0.3) is 6.08 Å². The van der Waals surface area contributed by atoms with E-state index in [0.29, 0.717) is 25.9 Å². The third-order valence-corrected chi connectivity index (χ3v) is 4.90. The molecular weight excluding hydrogens is 380 g/mol. The maximum atomic E-state index is 11.4. The number of hydrogen-bond acceptors (Lipinski definition) is 5. The van der Waals surface area contributed by atoms with Crippen molar-refractivity contribution >= 4 is 12.0 Å². The number of rotatable bonds is 10. The van der Waals surface area contributed by atoms with Gasteiger partial charge in [0.05, 0.1) is 25.9 Å². The molecule has 0 aromatic heterocycles. The van der Waals surface area contributed by atoms with Gasteiger partial charge in [0.25, 0.3) is 0 Å². The first kappa shape index (κ1) is 21.8. The first-order valence-electron chi connectivity index (χ1n) is 10.2. The Morgan fingerprint density at radius 1 is 1.17 bits per heavy atom. The van der Waals surface area contributed by atoms with Crippen LogP contribution in [0.5, 0.6) is 5.75 Å². The average molecular weight is 408 g/mol. The molecule has 5 nitrogen and oxygen atoms in total. The molecule has 3 unspecified atom stereocenters. The van der Waals surface area contributed by atoms with Gasteiger partial charge in [-0.05, 0) is 23.3 Å². The maximum Gasteiger partial charge on any atom is 0.330 e. The van der Waals surface area contributed by atoms with Crippen molar-refractivity contribution in [1.29, 1.82) is 0 Å². The van der Waals surface area contributed by atoms with Crippen LogP contribution in [-0.4, -0.2) is 36.5 Å². The topological polar surface area (TPSA) is 65.0 Å². The summed E-state index contributed by atoms with van der Waals surface area (Å²) in [4.78, 5) is 11.4. The lowest BCUT2D eigenvalue weighted by Gasteiger charge is -2.23. The number of carbonyl (C=O) groups is 1. The zero-order chi connectivity index (χ0) is 21.2. The molecule has 1 N–H and O–H groups in total. The van der Waals surface area contributed by atoms with Crippen molar-refractivity contribution in [2.75, 3.05) is 7.11 Å². The van der Waals surface area contributed by atoms with Crippen LogP contribution in [0.4, 0.5) is 0 Å². The highest BCUT2D eigenvalue weighted by molar-refractivity contribution is 5.82. The van der Waals surface area contributed by atoms with Crippen LogP contribution >= 0.6 is 0 Å². The molecule has 0 fully saturated rings. The number of methoxy groups -OCH3 is 1. The van der Waals surface area contributed by atoms with Crippen LogP contribution in [0.3, 0.4) is 0 Å². The van der Waals surface area contributed by atoms with Gasteiger partial charge in [-0.25, -0.2) is 4.79 Å². The van der Waals surface area contributed by atoms with E-state index in [1.807, 2.05) is 66.7 Å². The quantitative estimate of drug-likeness (QED) is 0.594. The van der Waals surface area contributed by atoms with Gasteiger partial charge in [-0.2, -0.15) is 0 Å². The summed E-state index contributed by atoms with van der Waals surface area (Å²) in [7, 11) is 1.64. The van der Waals surface area contributed by atoms with E-state index in [4.69, 9.17) is 14.2 Å². The van der Waals surface area contributed by atoms with Gasteiger partial charge >= 0.3 is 5.97 Å². The number of ether oxygens (including phenoxy) is 3. The van der Waals surface area contributed by atoms with Gasteiger partial charge in [-0.15, -0.1) is 0 Å². The molecule has 3 rings (SSSR count). The fourth-order valence-electron chi connectivity index (χ4n) is 3.29. The number of hydrogen-bond donors (Lipinski definition) is 1. The Morgan fingerprint density at radius 2 is 1.93 bits per heavy atom. The molecule has 1 aliphatic rings. The Hall–Kier alpha value is -2.89. The predicted octanol–water partition coefficient (Wildman–Crippen LogP) is 4.31. The minimum absolute atomic E-state index is 0.280. The molecule has 2 aromatic carbocycles. The van der Waals surface area contributed by atoms with Gasteiger partial charge in [0.2, 0.25) is 0 Å². The number of carbonyl (C=O) groups excluding carboxylic acids is 1. The molecule has 30 heavy (non-hydrogen) atoms. The number of benzene rings is 2. The van der Waals surface area contributed by atoms with Gasteiger partial charge in [0, 0.05) is 25.3 Å². The molecule has 2 aromatic rings. The molecule has 1 heterocycles. The molecular formula is C25H28O5. The van der Waals surface area contributed by atoms with E-state index in [1.165, 1.54) is 6.08 Å². The Morgan fingerprint density at radius 3 is 2.63 bits per heavy atom. The highest BCUT2D eigenvalue weighted by Gasteiger charge is 2.22. The molecule has 0 bridgehead atoms. The molecule has 1 aliphatic heterocycles. The SMILES string of the molecule is COc1ccc(COC(/C=C/c2ccccc2)CC(O)CC2CC=CC(=O)O2)cc1. The summed E-state index contributed by atoms with van der Waals surface area (Å²) in [6.45, 7) is 0.418. The van der Waals surface area contributed by atoms with Crippen molar-refractivity contribution < 1.29 is 24.1 Å². The van der Waals surface area contributed by atoms with Crippen LogP contribution in [0.1, 0.15) is 30.4 Å². The minimum Gasteiger partial charge on any atom is -0.497 e. The van der Waals surface area contributed by atoms with E-state index < -0.39 is 6.10 Å². The second-order valence-corrected chi connectivity index (χ2v) is 7.29. The highest BCUT2D eigenvalue weighted by Crippen LogP contribution is 2.19. The highest BCUT2D eigenvalue weighted by atomic mass is 16.5. The van der Waals surface area contributed by atoms with Gasteiger partial charge in [0.15, 0.2) is 0 Å².